The van der Waals surface area contributed by atoms with Gasteiger partial charge in [-0.05, 0) is 63.7 Å². The molecule has 0 saturated heterocycles. The standard InChI is InChI=1S/C36H36NO4PS/c1-41-36(39)33(23-31-25-43-34-15-9-8-14-32(31)34)37-35(38)30(24-42(40)21-20-26-10-4-2-5-11-26)22-27-16-18-29(19-17-27)28-12-6-3-7-13-28/h2-19,25,30,33,40H,20-24H2,1H3,(H,37,38). The predicted molar refractivity (Wildman–Crippen MR) is 178 cm³/mol. The van der Waals surface area contributed by atoms with Crippen LogP contribution in [-0.4, -0.2) is 42.2 Å². The van der Waals surface area contributed by atoms with Gasteiger partial charge in [0, 0.05) is 31.3 Å². The van der Waals surface area contributed by atoms with Gasteiger partial charge in [-0.3, -0.25) is 4.79 Å². The third-order valence-electron chi connectivity index (χ3n) is 7.63. The van der Waals surface area contributed by atoms with Crippen LogP contribution in [0.1, 0.15) is 16.7 Å². The summed E-state index contributed by atoms with van der Waals surface area (Å²) in [6, 6.07) is 35.7. The van der Waals surface area contributed by atoms with Gasteiger partial charge in [0.15, 0.2) is 0 Å². The van der Waals surface area contributed by atoms with Crippen molar-refractivity contribution in [2.75, 3.05) is 19.4 Å². The van der Waals surface area contributed by atoms with E-state index in [0.29, 0.717) is 25.2 Å². The fourth-order valence-electron chi connectivity index (χ4n) is 5.27. The van der Waals surface area contributed by atoms with Gasteiger partial charge in [-0.2, -0.15) is 0 Å². The topological polar surface area (TPSA) is 75.6 Å². The van der Waals surface area contributed by atoms with Gasteiger partial charge in [0.05, 0.1) is 7.11 Å². The Morgan fingerprint density at radius 2 is 1.47 bits per heavy atom. The van der Waals surface area contributed by atoms with E-state index in [1.807, 2.05) is 78.2 Å². The van der Waals surface area contributed by atoms with Gasteiger partial charge in [0.1, 0.15) is 6.04 Å². The van der Waals surface area contributed by atoms with E-state index in [0.717, 1.165) is 44.3 Å². The summed E-state index contributed by atoms with van der Waals surface area (Å²) >= 11 is 1.62. The Balaban J connectivity index is 1.33. The lowest BCUT2D eigenvalue weighted by atomic mass is 9.96. The van der Waals surface area contributed by atoms with Crippen molar-refractivity contribution in [3.63, 3.8) is 0 Å². The van der Waals surface area contributed by atoms with Crippen molar-refractivity contribution in [1.29, 1.82) is 0 Å². The molecule has 0 fully saturated rings. The Bertz CT molecular complexity index is 1620. The van der Waals surface area contributed by atoms with Crippen LogP contribution in [0.25, 0.3) is 21.2 Å². The largest absolute Gasteiger partial charge is 0.467 e. The number of hydrogen-bond donors (Lipinski definition) is 2. The van der Waals surface area contributed by atoms with Crippen molar-refractivity contribution in [2.24, 2.45) is 5.92 Å². The highest BCUT2D eigenvalue weighted by atomic mass is 32.1. The molecule has 0 saturated carbocycles. The number of nitrogens with one attached hydrogen (secondary N) is 1. The molecule has 5 rings (SSSR count). The van der Waals surface area contributed by atoms with E-state index in [1.165, 1.54) is 7.11 Å². The molecule has 5 aromatic rings. The van der Waals surface area contributed by atoms with E-state index in [4.69, 9.17) is 4.74 Å². The average Bonchev–Trinajstić information content (AvgIpc) is 3.46. The summed E-state index contributed by atoms with van der Waals surface area (Å²) < 4.78 is 6.23. The van der Waals surface area contributed by atoms with Crippen molar-refractivity contribution in [3.8, 4) is 11.1 Å². The SMILES string of the molecule is COC(=O)C(Cc1csc2ccccc12)NC(=O)C(Cc1ccc(-c2ccccc2)cc1)CP(O)CCc1ccccc1. The van der Waals surface area contributed by atoms with Crippen molar-refractivity contribution in [3.05, 3.63) is 131 Å². The molecule has 0 radical (unpaired) electrons. The predicted octanol–water partition coefficient (Wildman–Crippen LogP) is 7.26. The summed E-state index contributed by atoms with van der Waals surface area (Å²) in [4.78, 5) is 37.8. The van der Waals surface area contributed by atoms with E-state index >= 15 is 0 Å². The Hall–Kier alpha value is -3.83. The molecule has 7 heteroatoms. The van der Waals surface area contributed by atoms with Crippen LogP contribution in [0.3, 0.4) is 0 Å². The van der Waals surface area contributed by atoms with Gasteiger partial charge in [-0.1, -0.05) is 103 Å². The Labute approximate surface area is 258 Å². The first-order valence-electron chi connectivity index (χ1n) is 14.5. The van der Waals surface area contributed by atoms with Gasteiger partial charge in [0.25, 0.3) is 0 Å². The first kappa shape index (κ1) is 30.6. The Kier molecular flexibility index (Phi) is 10.7. The number of rotatable bonds is 13. The molecule has 1 aromatic heterocycles. The molecule has 0 aliphatic carbocycles. The van der Waals surface area contributed by atoms with Crippen LogP contribution in [0.4, 0.5) is 0 Å². The maximum absolute atomic E-state index is 13.9. The van der Waals surface area contributed by atoms with E-state index in [9.17, 15) is 14.5 Å². The number of carbonyl (C=O) groups excluding carboxylic acids is 2. The molecular formula is C36H36NO4PS. The van der Waals surface area contributed by atoms with Gasteiger partial charge in [-0.15, -0.1) is 11.3 Å². The number of esters is 1. The second-order valence-electron chi connectivity index (χ2n) is 10.7. The van der Waals surface area contributed by atoms with Crippen LogP contribution in [0.5, 0.6) is 0 Å². The molecule has 0 aliphatic heterocycles. The zero-order valence-electron chi connectivity index (χ0n) is 24.2. The second kappa shape index (κ2) is 15.1. The normalized spacial score (nSPS) is 13.3. The summed E-state index contributed by atoms with van der Waals surface area (Å²) in [7, 11) is -0.0551. The first-order valence-corrected chi connectivity index (χ1v) is 17.0. The maximum Gasteiger partial charge on any atom is 0.328 e. The highest BCUT2D eigenvalue weighted by molar-refractivity contribution is 7.51. The smallest absolute Gasteiger partial charge is 0.328 e. The average molecular weight is 610 g/mol. The van der Waals surface area contributed by atoms with Crippen LogP contribution in [-0.2, 0) is 33.6 Å². The van der Waals surface area contributed by atoms with Gasteiger partial charge in [-0.25, -0.2) is 4.79 Å². The van der Waals surface area contributed by atoms with Crippen molar-refractivity contribution >= 4 is 41.4 Å². The fraction of sp³-hybridized carbons (Fsp3) is 0.222. The number of benzene rings is 4. The van der Waals surface area contributed by atoms with E-state index in [2.05, 4.69) is 41.7 Å². The monoisotopic (exact) mass is 609 g/mol. The number of thiophene rings is 1. The highest BCUT2D eigenvalue weighted by Crippen LogP contribution is 2.35. The van der Waals surface area contributed by atoms with Crippen LogP contribution in [0, 0.1) is 5.92 Å². The molecule has 0 bridgehead atoms. The lowest BCUT2D eigenvalue weighted by Gasteiger charge is -2.23. The molecule has 220 valence electrons. The summed E-state index contributed by atoms with van der Waals surface area (Å²) in [6.45, 7) is 0. The number of fused-ring (bicyclic) bond motifs is 1. The van der Waals surface area contributed by atoms with Gasteiger partial charge in [0.2, 0.25) is 5.91 Å². The van der Waals surface area contributed by atoms with E-state index in [-0.39, 0.29) is 5.91 Å². The van der Waals surface area contributed by atoms with Crippen molar-refractivity contribution in [2.45, 2.75) is 25.3 Å². The molecule has 1 heterocycles. The van der Waals surface area contributed by atoms with Crippen molar-refractivity contribution < 1.29 is 19.2 Å². The fourth-order valence-corrected chi connectivity index (χ4v) is 7.75. The molecule has 4 aromatic carbocycles. The first-order chi connectivity index (χ1) is 21.0. The van der Waals surface area contributed by atoms with Gasteiger partial charge >= 0.3 is 5.97 Å². The Morgan fingerprint density at radius 1 is 0.814 bits per heavy atom. The summed E-state index contributed by atoms with van der Waals surface area (Å²) in [5.41, 5.74) is 5.40. The minimum absolute atomic E-state index is 0.247. The quantitative estimate of drug-likeness (QED) is 0.109. The van der Waals surface area contributed by atoms with Gasteiger partial charge < -0.3 is 14.9 Å². The minimum Gasteiger partial charge on any atom is -0.467 e. The molecule has 3 atom stereocenters. The number of hydrogen-bond acceptors (Lipinski definition) is 5. The lowest BCUT2D eigenvalue weighted by Crippen LogP contribution is -2.46. The van der Waals surface area contributed by atoms with Crippen LogP contribution < -0.4 is 5.32 Å². The molecule has 0 spiro atoms. The lowest BCUT2D eigenvalue weighted by molar-refractivity contribution is -0.145. The molecule has 5 nitrogen and oxygen atoms in total. The summed E-state index contributed by atoms with van der Waals surface area (Å²) in [5.74, 6) is -1.23. The summed E-state index contributed by atoms with van der Waals surface area (Å²) in [5, 5.41) is 6.11. The van der Waals surface area contributed by atoms with Crippen molar-refractivity contribution in [1.82, 2.24) is 5.32 Å². The molecule has 0 aliphatic rings. The summed E-state index contributed by atoms with van der Waals surface area (Å²) in [6.07, 6.45) is 2.50. The highest BCUT2D eigenvalue weighted by Gasteiger charge is 2.29. The number of amides is 1. The number of methoxy groups -OCH3 is 1. The minimum atomic E-state index is -1.40. The number of carbonyl (C=O) groups is 2. The zero-order valence-corrected chi connectivity index (χ0v) is 25.9. The molecule has 2 N–H and O–H groups in total. The van der Waals surface area contributed by atoms with E-state index < -0.39 is 26.1 Å². The maximum atomic E-state index is 13.9. The molecule has 1 amide bonds. The second-order valence-corrected chi connectivity index (χ2v) is 13.4. The number of aryl methyl sites for hydroxylation is 1. The number of ether oxygens (including phenoxy) is 1. The third kappa shape index (κ3) is 8.39. The molecular weight excluding hydrogens is 573 g/mol. The van der Waals surface area contributed by atoms with Crippen LogP contribution in [0.15, 0.2) is 115 Å². The molecule has 43 heavy (non-hydrogen) atoms. The third-order valence-corrected chi connectivity index (χ3v) is 10.2. The van der Waals surface area contributed by atoms with E-state index in [1.54, 1.807) is 11.3 Å². The van der Waals surface area contributed by atoms with Crippen LogP contribution in [0.2, 0.25) is 0 Å². The zero-order chi connectivity index (χ0) is 30.0. The Morgan fingerprint density at radius 3 is 2.19 bits per heavy atom. The molecule has 3 unspecified atom stereocenters. The van der Waals surface area contributed by atoms with Crippen LogP contribution >= 0.6 is 19.5 Å².